The van der Waals surface area contributed by atoms with E-state index in [-0.39, 0.29) is 33.9 Å². The zero-order valence-electron chi connectivity index (χ0n) is 16.0. The lowest BCUT2D eigenvalue weighted by molar-refractivity contribution is -0.384. The van der Waals surface area contributed by atoms with E-state index in [1.807, 2.05) is 0 Å². The monoisotopic (exact) mass is 455 g/mol. The Bertz CT molecular complexity index is 1310. The van der Waals surface area contributed by atoms with E-state index in [0.717, 1.165) is 17.0 Å². The van der Waals surface area contributed by atoms with Crippen LogP contribution in [0.4, 0.5) is 25.8 Å². The van der Waals surface area contributed by atoms with E-state index in [2.05, 4.69) is 5.32 Å². The van der Waals surface area contributed by atoms with Crippen LogP contribution in [0, 0.1) is 21.7 Å². The molecule has 1 aliphatic rings. The molecule has 1 heterocycles. The van der Waals surface area contributed by atoms with Crippen molar-refractivity contribution in [1.82, 2.24) is 0 Å². The Balaban J connectivity index is 1.83. The minimum absolute atomic E-state index is 0.0346. The fraction of sp³-hybridized carbons (Fsp3) is 0. The number of carbonyl (C=O) groups excluding carboxylic acids is 2. The summed E-state index contributed by atoms with van der Waals surface area (Å²) in [5.74, 6) is -3.68. The van der Waals surface area contributed by atoms with Gasteiger partial charge in [-0.05, 0) is 48.0 Å². The maximum atomic E-state index is 13.7. The molecule has 0 spiro atoms. The van der Waals surface area contributed by atoms with Crippen LogP contribution < -0.4 is 10.2 Å². The van der Waals surface area contributed by atoms with Crippen LogP contribution in [0.2, 0.25) is 5.02 Å². The van der Waals surface area contributed by atoms with Gasteiger partial charge in [0, 0.05) is 28.9 Å². The number of carbonyl (C=O) groups is 2. The predicted octanol–water partition coefficient (Wildman–Crippen LogP) is 4.92. The zero-order chi connectivity index (χ0) is 23.0. The molecule has 0 aromatic heterocycles. The normalized spacial score (nSPS) is 13.7. The number of nitro groups is 1. The molecular weight excluding hydrogens is 444 g/mol. The lowest BCUT2D eigenvalue weighted by Gasteiger charge is -2.15. The first-order chi connectivity index (χ1) is 15.3. The summed E-state index contributed by atoms with van der Waals surface area (Å²) in [5.41, 5.74) is -0.0256. The van der Waals surface area contributed by atoms with Crippen molar-refractivity contribution in [3.8, 4) is 0 Å². The number of rotatable bonds is 5. The number of nitro benzene ring substituents is 1. The molecule has 32 heavy (non-hydrogen) atoms. The fourth-order valence-electron chi connectivity index (χ4n) is 3.23. The Morgan fingerprint density at radius 2 is 1.62 bits per heavy atom. The van der Waals surface area contributed by atoms with Gasteiger partial charge in [-0.3, -0.25) is 19.7 Å². The minimum Gasteiger partial charge on any atom is -0.350 e. The number of anilines is 2. The third kappa shape index (κ3) is 3.81. The number of non-ortho nitro benzene ring substituents is 1. The van der Waals surface area contributed by atoms with Crippen molar-refractivity contribution in [3.05, 3.63) is 105 Å². The van der Waals surface area contributed by atoms with Gasteiger partial charge in [-0.1, -0.05) is 17.7 Å². The van der Waals surface area contributed by atoms with Gasteiger partial charge >= 0.3 is 0 Å². The highest BCUT2D eigenvalue weighted by Crippen LogP contribution is 2.35. The average molecular weight is 456 g/mol. The number of amides is 2. The Morgan fingerprint density at radius 3 is 2.25 bits per heavy atom. The van der Waals surface area contributed by atoms with Gasteiger partial charge in [0.05, 0.1) is 16.2 Å². The first-order valence-corrected chi connectivity index (χ1v) is 9.49. The van der Waals surface area contributed by atoms with E-state index in [1.54, 1.807) is 12.1 Å². The number of halogens is 3. The van der Waals surface area contributed by atoms with Crippen LogP contribution in [0.1, 0.15) is 5.56 Å². The Hall–Kier alpha value is -4.11. The summed E-state index contributed by atoms with van der Waals surface area (Å²) in [6, 6.07) is 14.0. The summed E-state index contributed by atoms with van der Waals surface area (Å²) in [4.78, 5) is 37.7. The van der Waals surface area contributed by atoms with Gasteiger partial charge in [0.25, 0.3) is 17.5 Å². The number of hydrogen-bond acceptors (Lipinski definition) is 5. The quantitative estimate of drug-likeness (QED) is 0.335. The molecule has 0 unspecified atom stereocenters. The smallest absolute Gasteiger partial charge is 0.282 e. The summed E-state index contributed by atoms with van der Waals surface area (Å²) in [5, 5.41) is 13.9. The van der Waals surface area contributed by atoms with E-state index >= 15 is 0 Å². The van der Waals surface area contributed by atoms with Crippen molar-refractivity contribution < 1.29 is 23.3 Å². The zero-order valence-corrected chi connectivity index (χ0v) is 16.8. The van der Waals surface area contributed by atoms with Crippen LogP contribution in [0.25, 0.3) is 5.57 Å². The van der Waals surface area contributed by atoms with E-state index in [1.165, 1.54) is 42.5 Å². The van der Waals surface area contributed by atoms with Crippen LogP contribution in [-0.2, 0) is 9.59 Å². The Labute approximate surface area is 184 Å². The largest absolute Gasteiger partial charge is 0.350 e. The van der Waals surface area contributed by atoms with Gasteiger partial charge < -0.3 is 5.32 Å². The molecule has 3 aromatic rings. The number of hydrogen-bond donors (Lipinski definition) is 1. The molecule has 7 nitrogen and oxygen atoms in total. The Morgan fingerprint density at radius 1 is 0.906 bits per heavy atom. The molecule has 2 amide bonds. The third-order valence-electron chi connectivity index (χ3n) is 4.71. The van der Waals surface area contributed by atoms with Crippen LogP contribution >= 0.6 is 11.6 Å². The molecule has 0 radical (unpaired) electrons. The summed E-state index contributed by atoms with van der Waals surface area (Å²) in [6.45, 7) is 0. The first kappa shape index (κ1) is 21.1. The van der Waals surface area contributed by atoms with Crippen molar-refractivity contribution in [2.24, 2.45) is 0 Å². The van der Waals surface area contributed by atoms with Crippen molar-refractivity contribution in [2.45, 2.75) is 0 Å². The summed E-state index contributed by atoms with van der Waals surface area (Å²) in [6.07, 6.45) is 0. The average Bonchev–Trinajstić information content (AvgIpc) is 3.00. The molecular formula is C22H12ClF2N3O4. The molecule has 0 saturated heterocycles. The van der Waals surface area contributed by atoms with Gasteiger partial charge in [-0.25, -0.2) is 13.7 Å². The summed E-state index contributed by atoms with van der Waals surface area (Å²) < 4.78 is 27.0. The van der Waals surface area contributed by atoms with E-state index < -0.39 is 28.4 Å². The third-order valence-corrected chi connectivity index (χ3v) is 4.94. The molecule has 0 saturated carbocycles. The highest BCUT2D eigenvalue weighted by Gasteiger charge is 2.40. The van der Waals surface area contributed by atoms with Gasteiger partial charge in [0.15, 0.2) is 11.6 Å². The second kappa shape index (κ2) is 8.20. The maximum Gasteiger partial charge on any atom is 0.282 e. The molecule has 0 aliphatic carbocycles. The number of imide groups is 1. The number of nitrogens with zero attached hydrogens (tertiary/aromatic N) is 2. The van der Waals surface area contributed by atoms with E-state index in [0.29, 0.717) is 5.02 Å². The predicted molar refractivity (Wildman–Crippen MR) is 114 cm³/mol. The standard InChI is InChI=1S/C22H12ClF2N3O4/c23-13-2-1-3-16(10-13)27-21(29)19(12-4-7-15(8-5-12)28(31)32)20(22(27)30)26-14-6-9-17(24)18(25)11-14/h1-11,26H. The van der Waals surface area contributed by atoms with Crippen LogP contribution in [0.3, 0.4) is 0 Å². The van der Waals surface area contributed by atoms with Crippen LogP contribution in [0.15, 0.2) is 72.4 Å². The molecule has 1 N–H and O–H groups in total. The van der Waals surface area contributed by atoms with E-state index in [4.69, 9.17) is 11.6 Å². The summed E-state index contributed by atoms with van der Waals surface area (Å²) in [7, 11) is 0. The molecule has 0 bridgehead atoms. The van der Waals surface area contributed by atoms with Gasteiger partial charge in [0.2, 0.25) is 0 Å². The molecule has 1 aliphatic heterocycles. The topological polar surface area (TPSA) is 92.5 Å². The molecule has 10 heteroatoms. The maximum absolute atomic E-state index is 13.7. The molecule has 3 aromatic carbocycles. The van der Waals surface area contributed by atoms with Crippen molar-refractivity contribution >= 4 is 46.1 Å². The number of benzene rings is 3. The molecule has 4 rings (SSSR count). The minimum atomic E-state index is -1.14. The van der Waals surface area contributed by atoms with Gasteiger partial charge in [-0.15, -0.1) is 0 Å². The fourth-order valence-corrected chi connectivity index (χ4v) is 3.42. The lowest BCUT2D eigenvalue weighted by atomic mass is 10.0. The van der Waals surface area contributed by atoms with Crippen LogP contribution in [0.5, 0.6) is 0 Å². The second-order valence-corrected chi connectivity index (χ2v) is 7.17. The molecule has 0 atom stereocenters. The Kier molecular flexibility index (Phi) is 5.41. The van der Waals surface area contributed by atoms with Gasteiger partial charge in [-0.2, -0.15) is 0 Å². The highest BCUT2D eigenvalue weighted by molar-refractivity contribution is 6.46. The van der Waals surface area contributed by atoms with E-state index in [9.17, 15) is 28.5 Å². The summed E-state index contributed by atoms with van der Waals surface area (Å²) >= 11 is 6.00. The molecule has 0 fully saturated rings. The number of nitrogens with one attached hydrogen (secondary N) is 1. The lowest BCUT2D eigenvalue weighted by Crippen LogP contribution is -2.32. The van der Waals surface area contributed by atoms with Crippen molar-refractivity contribution in [3.63, 3.8) is 0 Å². The van der Waals surface area contributed by atoms with Crippen molar-refractivity contribution in [1.29, 1.82) is 0 Å². The molecule has 160 valence electrons. The SMILES string of the molecule is O=C1C(Nc2ccc(F)c(F)c2)=C(c2ccc([N+](=O)[O-])cc2)C(=O)N1c1cccc(Cl)c1. The van der Waals surface area contributed by atoms with Crippen molar-refractivity contribution in [2.75, 3.05) is 10.2 Å². The highest BCUT2D eigenvalue weighted by atomic mass is 35.5. The second-order valence-electron chi connectivity index (χ2n) is 6.73. The van der Waals surface area contributed by atoms with Crippen LogP contribution in [-0.4, -0.2) is 16.7 Å². The van der Waals surface area contributed by atoms with Gasteiger partial charge in [0.1, 0.15) is 5.70 Å². The first-order valence-electron chi connectivity index (χ1n) is 9.12.